The minimum Gasteiger partial charge on any atom is -0.321 e. The number of carbonyl (C=O) groups excluding carboxylic acids is 4. The average Bonchev–Trinajstić information content (AvgIpc) is 3.09. The van der Waals surface area contributed by atoms with Gasteiger partial charge in [-0.2, -0.15) is 39.5 Å². The Bertz CT molecular complexity index is 2020. The zero-order valence-electron chi connectivity index (χ0n) is 26.2. The number of benzene rings is 4. The Morgan fingerprint density at radius 1 is 0.588 bits per heavy atom. The summed E-state index contributed by atoms with van der Waals surface area (Å²) in [6.07, 6.45) is -4.27. The minimum atomic E-state index is -7.11. The molecule has 0 aromatic heterocycles. The molecule has 51 heavy (non-hydrogen) atoms. The van der Waals surface area contributed by atoms with E-state index in [1.807, 2.05) is 6.92 Å². The van der Waals surface area contributed by atoms with Gasteiger partial charge in [-0.05, 0) is 54.8 Å². The van der Waals surface area contributed by atoms with E-state index >= 15 is 0 Å². The number of rotatable bonds is 10. The molecule has 4 aromatic rings. The van der Waals surface area contributed by atoms with E-state index < -0.39 is 58.5 Å². The van der Waals surface area contributed by atoms with Crippen LogP contribution in [0, 0.1) is 0 Å². The molecule has 0 saturated heterocycles. The van der Waals surface area contributed by atoms with Crippen molar-refractivity contribution in [2.75, 3.05) is 10.6 Å². The monoisotopic (exact) mass is 720 g/mol. The number of halogens is 9. The second-order valence-electron chi connectivity index (χ2n) is 11.6. The third-order valence-electron chi connectivity index (χ3n) is 8.26. The Balaban J connectivity index is 1.46. The summed E-state index contributed by atoms with van der Waals surface area (Å²) in [5, 5.41) is 4.92. The molecule has 0 aliphatic heterocycles. The van der Waals surface area contributed by atoms with Crippen LogP contribution in [-0.4, -0.2) is 41.4 Å². The quantitative estimate of drug-likeness (QED) is 0.141. The summed E-state index contributed by atoms with van der Waals surface area (Å²) in [5.41, 5.74) is -2.31. The minimum absolute atomic E-state index is 0.00123. The zero-order chi connectivity index (χ0) is 37.5. The van der Waals surface area contributed by atoms with Gasteiger partial charge in [0.1, 0.15) is 0 Å². The fourth-order valence-corrected chi connectivity index (χ4v) is 5.41. The normalized spacial score (nSPS) is 13.4. The van der Waals surface area contributed by atoms with Crippen molar-refractivity contribution in [2.24, 2.45) is 0 Å². The van der Waals surface area contributed by atoms with Gasteiger partial charge in [-0.15, -0.1) is 0 Å². The van der Waals surface area contributed by atoms with Gasteiger partial charge in [-0.1, -0.05) is 61.9 Å². The Morgan fingerprint density at radius 3 is 1.43 bits per heavy atom. The van der Waals surface area contributed by atoms with Crippen LogP contribution in [0.15, 0.2) is 84.9 Å². The van der Waals surface area contributed by atoms with Gasteiger partial charge in [0.15, 0.2) is 11.6 Å². The number of amides is 2. The summed E-state index contributed by atoms with van der Waals surface area (Å²) in [5.74, 6) is -23.3. The summed E-state index contributed by atoms with van der Waals surface area (Å²) < 4.78 is 121. The molecule has 1 aliphatic rings. The van der Waals surface area contributed by atoms with Gasteiger partial charge in [-0.25, -0.2) is 0 Å². The van der Waals surface area contributed by atoms with Crippen LogP contribution in [0.2, 0.25) is 0 Å². The largest absolute Gasteiger partial charge is 0.460 e. The number of nitrogens with one attached hydrogen (secondary N) is 2. The SMILES string of the molecule is CCCCc1ccc(C(=O)Nc2ccc(NC(=O)c3ccc(C(F)(F)C(F)(F)C(F)(F)C(F)(F)F)cc3)c3c2C(=O)c2ccccc2C3=O)cc1. The summed E-state index contributed by atoms with van der Waals surface area (Å²) in [6.45, 7) is 2.04. The van der Waals surface area contributed by atoms with Crippen LogP contribution in [0.25, 0.3) is 0 Å². The molecule has 0 saturated carbocycles. The number of fused-ring (bicyclic) bond motifs is 2. The van der Waals surface area contributed by atoms with Gasteiger partial charge in [0.05, 0.1) is 22.5 Å². The van der Waals surface area contributed by atoms with E-state index in [-0.39, 0.29) is 51.3 Å². The lowest BCUT2D eigenvalue weighted by atomic mass is 9.82. The molecule has 15 heteroatoms. The highest BCUT2D eigenvalue weighted by Crippen LogP contribution is 2.56. The standard InChI is InChI=1S/C36H25F9N2O4/c1-2-3-6-19-9-11-20(12-10-19)31(50)46-25-17-18-26(28-27(25)29(48)23-7-4-5-8-24(23)30(28)49)47-32(51)21-13-15-22(16-14-21)33(37,38)34(39,40)35(41,42)36(43,44)45/h4-5,7-18H,2-3,6H2,1H3,(H,46,50)(H,47,51). The van der Waals surface area contributed by atoms with Crippen molar-refractivity contribution >= 4 is 34.8 Å². The van der Waals surface area contributed by atoms with Crippen molar-refractivity contribution in [3.05, 3.63) is 129 Å². The lowest BCUT2D eigenvalue weighted by molar-refractivity contribution is -0.399. The molecule has 0 bridgehead atoms. The van der Waals surface area contributed by atoms with Crippen molar-refractivity contribution in [2.45, 2.75) is 50.1 Å². The highest BCUT2D eigenvalue weighted by atomic mass is 19.4. The topological polar surface area (TPSA) is 92.3 Å². The maximum absolute atomic E-state index is 14.4. The molecule has 0 heterocycles. The second kappa shape index (κ2) is 13.3. The van der Waals surface area contributed by atoms with Crippen LogP contribution >= 0.6 is 0 Å². The van der Waals surface area contributed by atoms with E-state index in [1.54, 1.807) is 24.3 Å². The third kappa shape index (κ3) is 6.48. The smallest absolute Gasteiger partial charge is 0.321 e. The van der Waals surface area contributed by atoms with Gasteiger partial charge in [0, 0.05) is 27.8 Å². The van der Waals surface area contributed by atoms with Gasteiger partial charge < -0.3 is 10.6 Å². The highest BCUT2D eigenvalue weighted by Gasteiger charge is 2.82. The fraction of sp³-hybridized carbons (Fsp3) is 0.222. The predicted octanol–water partition coefficient (Wildman–Crippen LogP) is 9.23. The molecule has 2 amide bonds. The number of anilines is 2. The van der Waals surface area contributed by atoms with E-state index in [4.69, 9.17) is 0 Å². The number of unbranched alkanes of at least 4 members (excludes halogenated alkanes) is 1. The number of alkyl halides is 9. The molecule has 0 spiro atoms. The third-order valence-corrected chi connectivity index (χ3v) is 8.26. The van der Waals surface area contributed by atoms with Gasteiger partial charge in [-0.3, -0.25) is 19.2 Å². The maximum atomic E-state index is 14.4. The first-order chi connectivity index (χ1) is 23.8. The number of ketones is 2. The van der Waals surface area contributed by atoms with Crippen LogP contribution < -0.4 is 10.6 Å². The molecule has 266 valence electrons. The number of aryl methyl sites for hydroxylation is 1. The summed E-state index contributed by atoms with van der Waals surface area (Å²) in [4.78, 5) is 53.8. The van der Waals surface area contributed by atoms with Gasteiger partial charge >= 0.3 is 23.9 Å². The molecule has 2 N–H and O–H groups in total. The number of hydrogen-bond donors (Lipinski definition) is 2. The molecule has 4 aromatic carbocycles. The molecular formula is C36H25F9N2O4. The van der Waals surface area contributed by atoms with Crippen molar-refractivity contribution < 1.29 is 58.7 Å². The molecule has 5 rings (SSSR count). The number of carbonyl (C=O) groups is 4. The van der Waals surface area contributed by atoms with Crippen LogP contribution in [0.5, 0.6) is 0 Å². The number of hydrogen-bond acceptors (Lipinski definition) is 4. The summed E-state index contributed by atoms with van der Waals surface area (Å²) >= 11 is 0. The van der Waals surface area contributed by atoms with Crippen LogP contribution in [0.1, 0.15) is 83.5 Å². The van der Waals surface area contributed by atoms with E-state index in [1.165, 1.54) is 36.4 Å². The average molecular weight is 721 g/mol. The van der Waals surface area contributed by atoms with Crippen LogP contribution in [0.4, 0.5) is 50.9 Å². The van der Waals surface area contributed by atoms with Crippen molar-refractivity contribution in [3.8, 4) is 0 Å². The molecule has 1 aliphatic carbocycles. The van der Waals surface area contributed by atoms with Crippen molar-refractivity contribution in [1.29, 1.82) is 0 Å². The van der Waals surface area contributed by atoms with E-state index in [0.717, 1.165) is 24.8 Å². The molecule has 0 atom stereocenters. The Kier molecular flexibility index (Phi) is 9.63. The van der Waals surface area contributed by atoms with Crippen molar-refractivity contribution in [1.82, 2.24) is 0 Å². The Hall–Kier alpha value is -5.47. The lowest BCUT2D eigenvalue weighted by Gasteiger charge is -2.33. The van der Waals surface area contributed by atoms with E-state index in [9.17, 15) is 58.7 Å². The molecule has 0 unspecified atom stereocenters. The summed E-state index contributed by atoms with van der Waals surface area (Å²) in [7, 11) is 0. The van der Waals surface area contributed by atoms with Crippen LogP contribution in [-0.2, 0) is 12.3 Å². The molecule has 0 radical (unpaired) electrons. The molecule has 0 fully saturated rings. The predicted molar refractivity (Wildman–Crippen MR) is 167 cm³/mol. The summed E-state index contributed by atoms with van der Waals surface area (Å²) in [6, 6.07) is 15.9. The fourth-order valence-electron chi connectivity index (χ4n) is 5.41. The van der Waals surface area contributed by atoms with Gasteiger partial charge in [0.2, 0.25) is 0 Å². The van der Waals surface area contributed by atoms with Crippen molar-refractivity contribution in [3.63, 3.8) is 0 Å². The van der Waals surface area contributed by atoms with E-state index in [2.05, 4.69) is 10.6 Å². The molecule has 6 nitrogen and oxygen atoms in total. The molecular weight excluding hydrogens is 695 g/mol. The van der Waals surface area contributed by atoms with Crippen LogP contribution in [0.3, 0.4) is 0 Å². The van der Waals surface area contributed by atoms with Gasteiger partial charge in [0.25, 0.3) is 11.8 Å². The second-order valence-corrected chi connectivity index (χ2v) is 11.6. The van der Waals surface area contributed by atoms with E-state index in [0.29, 0.717) is 12.1 Å². The Morgan fingerprint density at radius 2 is 1.02 bits per heavy atom. The lowest BCUT2D eigenvalue weighted by Crippen LogP contribution is -2.59. The Labute approximate surface area is 283 Å². The zero-order valence-corrected chi connectivity index (χ0v) is 26.2. The maximum Gasteiger partial charge on any atom is 0.460 e. The first kappa shape index (κ1) is 36.8. The first-order valence-corrected chi connectivity index (χ1v) is 15.2. The first-order valence-electron chi connectivity index (χ1n) is 15.2. The highest BCUT2D eigenvalue weighted by molar-refractivity contribution is 6.33.